The predicted octanol–water partition coefficient (Wildman–Crippen LogP) is 4.18. The number of rotatable bonds is 3. The Morgan fingerprint density at radius 2 is 2.06 bits per heavy atom. The lowest BCUT2D eigenvalue weighted by Gasteiger charge is -2.25. The van der Waals surface area contributed by atoms with Gasteiger partial charge >= 0.3 is 0 Å². The molecule has 0 fully saturated rings. The van der Waals surface area contributed by atoms with Crippen LogP contribution in [0.1, 0.15) is 25.8 Å². The fraction of sp³-hybridized carbons (Fsp3) is 0.462. The molecule has 86 valence electrons. The van der Waals surface area contributed by atoms with Gasteiger partial charge in [0.05, 0.1) is 15.2 Å². The van der Waals surface area contributed by atoms with Crippen LogP contribution in [0.15, 0.2) is 24.3 Å². The molecule has 1 heterocycles. The normalized spacial score (nSPS) is 14.2. The van der Waals surface area contributed by atoms with Crippen molar-refractivity contribution in [1.82, 2.24) is 4.98 Å². The average molecular weight is 251 g/mol. The van der Waals surface area contributed by atoms with Gasteiger partial charge in [-0.1, -0.05) is 32.9 Å². The first-order valence-electron chi connectivity index (χ1n) is 5.53. The highest BCUT2D eigenvalue weighted by Gasteiger charge is 2.22. The number of hydrogen-bond acceptors (Lipinski definition) is 3. The zero-order valence-corrected chi connectivity index (χ0v) is 11.6. The van der Waals surface area contributed by atoms with Crippen molar-refractivity contribution in [2.24, 2.45) is 5.92 Å². The molecule has 0 saturated carbocycles. The van der Waals surface area contributed by atoms with Gasteiger partial charge in [0.1, 0.15) is 0 Å². The molecule has 3 heteroatoms. The molecule has 2 aromatic rings. The molecule has 1 atom stereocenters. The molecule has 0 radical (unpaired) electrons. The standard InChI is InChI=1S/C13H17NS2/c1-9(13(2,3)15)8-12-14-10-6-4-5-7-11(10)16-12/h4-7,9,15H,8H2,1-3H3. The maximum Gasteiger partial charge on any atom is 0.0941 e. The maximum absolute atomic E-state index is 4.65. The predicted molar refractivity (Wildman–Crippen MR) is 75.6 cm³/mol. The second-order valence-electron chi connectivity index (χ2n) is 4.83. The molecule has 2 rings (SSSR count). The Morgan fingerprint density at radius 1 is 1.38 bits per heavy atom. The molecule has 0 bridgehead atoms. The Kier molecular flexibility index (Phi) is 3.27. The molecule has 0 aliphatic rings. The number of para-hydroxylation sites is 1. The highest BCUT2D eigenvalue weighted by molar-refractivity contribution is 7.81. The van der Waals surface area contributed by atoms with Crippen LogP contribution in [0.5, 0.6) is 0 Å². The third kappa shape index (κ3) is 2.58. The summed E-state index contributed by atoms with van der Waals surface area (Å²) in [7, 11) is 0. The van der Waals surface area contributed by atoms with Gasteiger partial charge in [-0.15, -0.1) is 11.3 Å². The maximum atomic E-state index is 4.65. The Labute approximate surface area is 106 Å². The molecule has 1 unspecified atom stereocenters. The highest BCUT2D eigenvalue weighted by Crippen LogP contribution is 2.30. The minimum Gasteiger partial charge on any atom is -0.241 e. The SMILES string of the molecule is CC(Cc1nc2ccccc2s1)C(C)(C)S. The van der Waals surface area contributed by atoms with E-state index in [0.29, 0.717) is 5.92 Å². The molecule has 1 aromatic heterocycles. The van der Waals surface area contributed by atoms with E-state index in [9.17, 15) is 0 Å². The first-order chi connectivity index (χ1) is 7.47. The third-order valence-electron chi connectivity index (χ3n) is 3.02. The first kappa shape index (κ1) is 11.9. The fourth-order valence-corrected chi connectivity index (χ4v) is 2.71. The summed E-state index contributed by atoms with van der Waals surface area (Å²) in [6.45, 7) is 6.56. The number of thiazole rings is 1. The molecule has 1 aromatic carbocycles. The van der Waals surface area contributed by atoms with Crippen LogP contribution in [0.2, 0.25) is 0 Å². The molecule has 0 amide bonds. The molecule has 0 saturated heterocycles. The number of aromatic nitrogens is 1. The molecule has 0 spiro atoms. The largest absolute Gasteiger partial charge is 0.241 e. The van der Waals surface area contributed by atoms with Crippen molar-refractivity contribution in [3.05, 3.63) is 29.3 Å². The van der Waals surface area contributed by atoms with E-state index in [0.717, 1.165) is 11.9 Å². The summed E-state index contributed by atoms with van der Waals surface area (Å²) in [6.07, 6.45) is 1.01. The lowest BCUT2D eigenvalue weighted by atomic mass is 9.94. The molecule has 16 heavy (non-hydrogen) atoms. The molecular weight excluding hydrogens is 234 g/mol. The van der Waals surface area contributed by atoms with Gasteiger partial charge in [-0.2, -0.15) is 12.6 Å². The minimum absolute atomic E-state index is 0.0534. The van der Waals surface area contributed by atoms with Crippen molar-refractivity contribution >= 4 is 34.2 Å². The van der Waals surface area contributed by atoms with Gasteiger partial charge in [-0.25, -0.2) is 4.98 Å². The fourth-order valence-electron chi connectivity index (χ4n) is 1.52. The summed E-state index contributed by atoms with van der Waals surface area (Å²) in [5, 5.41) is 1.22. The second kappa shape index (κ2) is 4.38. The summed E-state index contributed by atoms with van der Waals surface area (Å²) in [4.78, 5) is 4.65. The molecular formula is C13H17NS2. The van der Waals surface area contributed by atoms with E-state index in [1.54, 1.807) is 11.3 Å². The van der Waals surface area contributed by atoms with E-state index < -0.39 is 0 Å². The quantitative estimate of drug-likeness (QED) is 0.807. The third-order valence-corrected chi connectivity index (χ3v) is 4.52. The van der Waals surface area contributed by atoms with Crippen molar-refractivity contribution in [2.45, 2.75) is 31.9 Å². The number of hydrogen-bond donors (Lipinski definition) is 1. The summed E-state index contributed by atoms with van der Waals surface area (Å²) in [6, 6.07) is 8.31. The Morgan fingerprint density at radius 3 is 2.69 bits per heavy atom. The van der Waals surface area contributed by atoms with Gasteiger partial charge in [0.2, 0.25) is 0 Å². The smallest absolute Gasteiger partial charge is 0.0941 e. The van der Waals surface area contributed by atoms with Crippen LogP contribution in [0.3, 0.4) is 0 Å². The Bertz CT molecular complexity index is 449. The second-order valence-corrected chi connectivity index (χ2v) is 7.10. The topological polar surface area (TPSA) is 12.9 Å². The number of benzene rings is 1. The lowest BCUT2D eigenvalue weighted by molar-refractivity contribution is 0.462. The van der Waals surface area contributed by atoms with E-state index in [4.69, 9.17) is 0 Å². The van der Waals surface area contributed by atoms with Crippen molar-refractivity contribution in [1.29, 1.82) is 0 Å². The van der Waals surface area contributed by atoms with Gasteiger partial charge in [-0.3, -0.25) is 0 Å². The van der Waals surface area contributed by atoms with E-state index in [1.807, 2.05) is 6.07 Å². The summed E-state index contributed by atoms with van der Waals surface area (Å²) < 4.78 is 1.33. The Balaban J connectivity index is 2.22. The van der Waals surface area contributed by atoms with Crippen LogP contribution in [0.25, 0.3) is 10.2 Å². The zero-order valence-electron chi connectivity index (χ0n) is 9.90. The van der Waals surface area contributed by atoms with Crippen LogP contribution in [0, 0.1) is 5.92 Å². The van der Waals surface area contributed by atoms with Gasteiger partial charge in [-0.05, 0) is 18.1 Å². The van der Waals surface area contributed by atoms with E-state index in [-0.39, 0.29) is 4.75 Å². The zero-order chi connectivity index (χ0) is 11.8. The van der Waals surface area contributed by atoms with Crippen molar-refractivity contribution < 1.29 is 0 Å². The van der Waals surface area contributed by atoms with Crippen LogP contribution in [-0.4, -0.2) is 9.73 Å². The highest BCUT2D eigenvalue weighted by atomic mass is 32.1. The van der Waals surface area contributed by atoms with E-state index in [1.165, 1.54) is 9.71 Å². The molecule has 0 aliphatic carbocycles. The monoisotopic (exact) mass is 251 g/mol. The number of nitrogens with zero attached hydrogens (tertiary/aromatic N) is 1. The summed E-state index contributed by atoms with van der Waals surface area (Å²) >= 11 is 6.42. The van der Waals surface area contributed by atoms with Gasteiger partial charge in [0.15, 0.2) is 0 Å². The van der Waals surface area contributed by atoms with Crippen molar-refractivity contribution in [2.75, 3.05) is 0 Å². The van der Waals surface area contributed by atoms with Crippen LogP contribution in [-0.2, 0) is 6.42 Å². The van der Waals surface area contributed by atoms with Gasteiger partial charge in [0.25, 0.3) is 0 Å². The number of thiol groups is 1. The molecule has 0 aliphatic heterocycles. The summed E-state index contributed by atoms with van der Waals surface area (Å²) in [5.41, 5.74) is 1.12. The van der Waals surface area contributed by atoms with E-state index >= 15 is 0 Å². The van der Waals surface area contributed by atoms with Crippen molar-refractivity contribution in [3.63, 3.8) is 0 Å². The van der Waals surface area contributed by atoms with Gasteiger partial charge < -0.3 is 0 Å². The number of fused-ring (bicyclic) bond motifs is 1. The first-order valence-corrected chi connectivity index (χ1v) is 6.80. The van der Waals surface area contributed by atoms with Crippen LogP contribution >= 0.6 is 24.0 Å². The molecule has 1 nitrogen and oxygen atoms in total. The van der Waals surface area contributed by atoms with E-state index in [2.05, 4.69) is 56.6 Å². The average Bonchev–Trinajstić information content (AvgIpc) is 2.58. The molecule has 0 N–H and O–H groups in total. The Hall–Kier alpha value is -0.540. The van der Waals surface area contributed by atoms with Crippen molar-refractivity contribution in [3.8, 4) is 0 Å². The van der Waals surface area contributed by atoms with Gasteiger partial charge in [0, 0.05) is 11.2 Å². The minimum atomic E-state index is 0.0534. The van der Waals surface area contributed by atoms with Crippen LogP contribution < -0.4 is 0 Å². The summed E-state index contributed by atoms with van der Waals surface area (Å²) in [5.74, 6) is 0.524. The van der Waals surface area contributed by atoms with Crippen LogP contribution in [0.4, 0.5) is 0 Å². The lowest BCUT2D eigenvalue weighted by Crippen LogP contribution is -2.23.